The number of aliphatic hydroxyl groups excluding tert-OH is 1. The molecule has 1 fully saturated rings. The Morgan fingerprint density at radius 1 is 1.18 bits per heavy atom. The number of methoxy groups -OCH3 is 1. The Labute approximate surface area is 105 Å². The van der Waals surface area contributed by atoms with Gasteiger partial charge in [-0.1, -0.05) is 26.7 Å². The fraction of sp³-hybridized carbons (Fsp3) is 1.00. The summed E-state index contributed by atoms with van der Waals surface area (Å²) < 4.78 is 5.63. The molecule has 0 aromatic heterocycles. The van der Waals surface area contributed by atoms with Crippen molar-refractivity contribution in [3.63, 3.8) is 0 Å². The minimum Gasteiger partial charge on any atom is -0.390 e. The predicted octanol–water partition coefficient (Wildman–Crippen LogP) is 2.49. The molecule has 0 aromatic rings. The standard InChI is InChI=1S/C14H28O3/c1-12(2,10-13(3,4)16)11(15)14(17-5)8-6-7-9-14/h11,15-16H,6-10H2,1-5H3. The van der Waals surface area contributed by atoms with Crippen LogP contribution in [-0.2, 0) is 4.74 Å². The van der Waals surface area contributed by atoms with Crippen LogP contribution >= 0.6 is 0 Å². The highest BCUT2D eigenvalue weighted by Gasteiger charge is 2.48. The highest BCUT2D eigenvalue weighted by Crippen LogP contribution is 2.44. The first kappa shape index (κ1) is 14.9. The summed E-state index contributed by atoms with van der Waals surface area (Å²) >= 11 is 0. The maximum atomic E-state index is 10.7. The number of hydrogen-bond donors (Lipinski definition) is 2. The molecule has 0 bridgehead atoms. The van der Waals surface area contributed by atoms with Gasteiger partial charge in [-0.3, -0.25) is 0 Å². The molecule has 0 amide bonds. The first-order chi connectivity index (χ1) is 7.63. The second kappa shape index (κ2) is 4.87. The van der Waals surface area contributed by atoms with Gasteiger partial charge in [0.25, 0.3) is 0 Å². The maximum Gasteiger partial charge on any atom is 0.0941 e. The van der Waals surface area contributed by atoms with Crippen LogP contribution in [0.15, 0.2) is 0 Å². The van der Waals surface area contributed by atoms with Crippen LogP contribution in [-0.4, -0.2) is 34.6 Å². The van der Waals surface area contributed by atoms with Crippen molar-refractivity contribution in [2.24, 2.45) is 5.41 Å². The number of rotatable bonds is 5. The van der Waals surface area contributed by atoms with Crippen LogP contribution in [0.1, 0.15) is 59.8 Å². The number of ether oxygens (including phenoxy) is 1. The summed E-state index contributed by atoms with van der Waals surface area (Å²) in [5.74, 6) is 0. The topological polar surface area (TPSA) is 49.7 Å². The smallest absolute Gasteiger partial charge is 0.0941 e. The minimum absolute atomic E-state index is 0.349. The van der Waals surface area contributed by atoms with E-state index in [1.54, 1.807) is 21.0 Å². The normalized spacial score (nSPS) is 22.8. The summed E-state index contributed by atoms with van der Waals surface area (Å²) in [7, 11) is 1.69. The summed E-state index contributed by atoms with van der Waals surface area (Å²) in [6.45, 7) is 7.59. The van der Waals surface area contributed by atoms with Crippen molar-refractivity contribution in [2.45, 2.75) is 77.1 Å². The van der Waals surface area contributed by atoms with Gasteiger partial charge in [0.05, 0.1) is 17.3 Å². The van der Waals surface area contributed by atoms with Crippen LogP contribution in [0.4, 0.5) is 0 Å². The SMILES string of the molecule is COC1(C(O)C(C)(C)CC(C)(C)O)CCCC1. The molecule has 3 heteroatoms. The minimum atomic E-state index is -0.766. The van der Waals surface area contributed by atoms with Crippen LogP contribution in [0, 0.1) is 5.41 Å². The fourth-order valence-electron chi connectivity index (χ4n) is 3.49. The second-order valence-corrected chi connectivity index (χ2v) is 6.86. The maximum absolute atomic E-state index is 10.7. The molecule has 102 valence electrons. The van der Waals surface area contributed by atoms with Crippen molar-refractivity contribution in [2.75, 3.05) is 7.11 Å². The molecule has 1 rings (SSSR count). The summed E-state index contributed by atoms with van der Waals surface area (Å²) in [5, 5.41) is 20.6. The lowest BCUT2D eigenvalue weighted by molar-refractivity contribution is -0.154. The van der Waals surface area contributed by atoms with Gasteiger partial charge >= 0.3 is 0 Å². The number of hydrogen-bond acceptors (Lipinski definition) is 3. The largest absolute Gasteiger partial charge is 0.390 e. The van der Waals surface area contributed by atoms with E-state index in [1.165, 1.54) is 0 Å². The van der Waals surface area contributed by atoms with Crippen LogP contribution in [0.25, 0.3) is 0 Å². The van der Waals surface area contributed by atoms with E-state index in [1.807, 2.05) is 13.8 Å². The number of aliphatic hydroxyl groups is 2. The Morgan fingerprint density at radius 2 is 1.65 bits per heavy atom. The molecule has 0 aromatic carbocycles. The van der Waals surface area contributed by atoms with Crippen LogP contribution in [0.3, 0.4) is 0 Å². The summed E-state index contributed by atoms with van der Waals surface area (Å²) in [6.07, 6.45) is 4.09. The second-order valence-electron chi connectivity index (χ2n) is 6.86. The first-order valence-electron chi connectivity index (χ1n) is 6.59. The van der Waals surface area contributed by atoms with Crippen LogP contribution in [0.2, 0.25) is 0 Å². The van der Waals surface area contributed by atoms with E-state index in [4.69, 9.17) is 4.74 Å². The van der Waals surface area contributed by atoms with Crippen molar-refractivity contribution in [3.05, 3.63) is 0 Å². The molecule has 0 saturated heterocycles. The van der Waals surface area contributed by atoms with E-state index in [0.717, 1.165) is 25.7 Å². The molecule has 1 aliphatic carbocycles. The van der Waals surface area contributed by atoms with Gasteiger partial charge in [-0.25, -0.2) is 0 Å². The van der Waals surface area contributed by atoms with Gasteiger partial charge < -0.3 is 14.9 Å². The molecule has 1 atom stereocenters. The van der Waals surface area contributed by atoms with Crippen molar-refractivity contribution < 1.29 is 14.9 Å². The van der Waals surface area contributed by atoms with E-state index < -0.39 is 17.3 Å². The van der Waals surface area contributed by atoms with Crippen molar-refractivity contribution >= 4 is 0 Å². The van der Waals surface area contributed by atoms with Gasteiger partial charge in [0.2, 0.25) is 0 Å². The predicted molar refractivity (Wildman–Crippen MR) is 68.9 cm³/mol. The monoisotopic (exact) mass is 244 g/mol. The summed E-state index contributed by atoms with van der Waals surface area (Å²) in [6, 6.07) is 0. The zero-order chi connectivity index (χ0) is 13.3. The van der Waals surface area contributed by atoms with Crippen molar-refractivity contribution in [1.82, 2.24) is 0 Å². The van der Waals surface area contributed by atoms with E-state index in [2.05, 4.69) is 0 Å². The van der Waals surface area contributed by atoms with E-state index in [-0.39, 0.29) is 5.41 Å². The van der Waals surface area contributed by atoms with Gasteiger partial charge in [0.1, 0.15) is 0 Å². The molecule has 0 heterocycles. The molecule has 0 radical (unpaired) electrons. The zero-order valence-electron chi connectivity index (χ0n) is 11.9. The molecular formula is C14H28O3. The average molecular weight is 244 g/mol. The lowest BCUT2D eigenvalue weighted by Gasteiger charge is -2.44. The third-order valence-corrected chi connectivity index (χ3v) is 3.98. The molecule has 17 heavy (non-hydrogen) atoms. The van der Waals surface area contributed by atoms with Gasteiger partial charge in [-0.05, 0) is 38.5 Å². The van der Waals surface area contributed by atoms with Crippen molar-refractivity contribution in [1.29, 1.82) is 0 Å². The van der Waals surface area contributed by atoms with Gasteiger partial charge in [-0.15, -0.1) is 0 Å². The Balaban J connectivity index is 2.82. The molecule has 0 spiro atoms. The van der Waals surface area contributed by atoms with E-state index in [0.29, 0.717) is 6.42 Å². The average Bonchev–Trinajstić information content (AvgIpc) is 2.62. The Kier molecular flexibility index (Phi) is 4.28. The summed E-state index contributed by atoms with van der Waals surface area (Å²) in [4.78, 5) is 0. The Morgan fingerprint density at radius 3 is 2.00 bits per heavy atom. The molecule has 1 saturated carbocycles. The molecule has 3 nitrogen and oxygen atoms in total. The highest BCUT2D eigenvalue weighted by atomic mass is 16.5. The lowest BCUT2D eigenvalue weighted by atomic mass is 9.70. The van der Waals surface area contributed by atoms with Crippen LogP contribution in [0.5, 0.6) is 0 Å². The van der Waals surface area contributed by atoms with Gasteiger partial charge in [-0.2, -0.15) is 0 Å². The molecule has 1 aliphatic rings. The molecule has 1 unspecified atom stereocenters. The molecule has 0 aliphatic heterocycles. The fourth-order valence-corrected chi connectivity index (χ4v) is 3.49. The zero-order valence-corrected chi connectivity index (χ0v) is 11.9. The van der Waals surface area contributed by atoms with Gasteiger partial charge in [0, 0.05) is 7.11 Å². The third kappa shape index (κ3) is 3.43. The Bertz CT molecular complexity index is 247. The third-order valence-electron chi connectivity index (χ3n) is 3.98. The van der Waals surface area contributed by atoms with E-state index >= 15 is 0 Å². The summed E-state index contributed by atoms with van der Waals surface area (Å²) in [5.41, 5.74) is -1.52. The molecular weight excluding hydrogens is 216 g/mol. The van der Waals surface area contributed by atoms with Crippen LogP contribution < -0.4 is 0 Å². The first-order valence-corrected chi connectivity index (χ1v) is 6.59. The highest BCUT2D eigenvalue weighted by molar-refractivity contribution is 5.00. The van der Waals surface area contributed by atoms with E-state index in [9.17, 15) is 10.2 Å². The van der Waals surface area contributed by atoms with Crippen molar-refractivity contribution in [3.8, 4) is 0 Å². The Hall–Kier alpha value is -0.120. The van der Waals surface area contributed by atoms with Gasteiger partial charge in [0.15, 0.2) is 0 Å². The molecule has 2 N–H and O–H groups in total. The quantitative estimate of drug-likeness (QED) is 0.781. The lowest BCUT2D eigenvalue weighted by Crippen LogP contribution is -2.51.